The molecule has 0 aromatic carbocycles. The molecule has 0 spiro atoms. The highest BCUT2D eigenvalue weighted by atomic mass is 19.4. The molecule has 3 rings (SSSR count). The maximum Gasteiger partial charge on any atom is 0.433 e. The minimum absolute atomic E-state index is 0.00691. The van der Waals surface area contributed by atoms with E-state index in [0.717, 1.165) is 17.5 Å². The first kappa shape index (κ1) is 17.8. The first-order chi connectivity index (χ1) is 12.3. The lowest BCUT2D eigenvalue weighted by Crippen LogP contribution is -2.20. The Hall–Kier alpha value is -2.97. The lowest BCUT2D eigenvalue weighted by molar-refractivity contribution is -0.141. The van der Waals surface area contributed by atoms with Crippen LogP contribution >= 0.6 is 0 Å². The Morgan fingerprint density at radius 2 is 1.88 bits per heavy atom. The van der Waals surface area contributed by atoms with Gasteiger partial charge >= 0.3 is 6.18 Å². The van der Waals surface area contributed by atoms with Gasteiger partial charge < -0.3 is 5.32 Å². The molecule has 0 aliphatic heterocycles. The van der Waals surface area contributed by atoms with Gasteiger partial charge in [-0.15, -0.1) is 0 Å². The second-order valence-electron chi connectivity index (χ2n) is 5.99. The zero-order valence-electron chi connectivity index (χ0n) is 14.2. The van der Waals surface area contributed by atoms with Crippen LogP contribution in [0, 0.1) is 6.92 Å². The molecule has 26 heavy (non-hydrogen) atoms. The van der Waals surface area contributed by atoms with Crippen LogP contribution in [0.5, 0.6) is 0 Å². The van der Waals surface area contributed by atoms with Gasteiger partial charge in [-0.25, -0.2) is 9.97 Å². The van der Waals surface area contributed by atoms with Crippen LogP contribution in [-0.2, 0) is 12.6 Å². The molecule has 3 aromatic heterocycles. The average molecular weight is 362 g/mol. The van der Waals surface area contributed by atoms with Crippen molar-refractivity contribution in [1.82, 2.24) is 25.1 Å². The summed E-state index contributed by atoms with van der Waals surface area (Å²) in [5.74, 6) is 0.103. The molecule has 9 heteroatoms. The number of hydrogen-bond donors (Lipinski definition) is 2. The van der Waals surface area contributed by atoms with E-state index in [4.69, 9.17) is 0 Å². The number of H-pyrrole nitrogens is 1. The Morgan fingerprint density at radius 1 is 1.15 bits per heavy atom. The molecule has 0 radical (unpaired) electrons. The maximum atomic E-state index is 13.2. The summed E-state index contributed by atoms with van der Waals surface area (Å²) < 4.78 is 39.6. The highest BCUT2D eigenvalue weighted by Crippen LogP contribution is 2.30. The van der Waals surface area contributed by atoms with Crippen LogP contribution in [0.2, 0.25) is 0 Å². The first-order valence-electron chi connectivity index (χ1n) is 7.95. The largest absolute Gasteiger partial charge is 0.433 e. The van der Waals surface area contributed by atoms with Gasteiger partial charge in [0.1, 0.15) is 5.82 Å². The summed E-state index contributed by atoms with van der Waals surface area (Å²) in [4.78, 5) is 11.7. The summed E-state index contributed by atoms with van der Waals surface area (Å²) in [6, 6.07) is 5.77. The molecule has 1 unspecified atom stereocenters. The third-order valence-electron chi connectivity index (χ3n) is 3.62. The lowest BCUT2D eigenvalue weighted by atomic mass is 10.1. The van der Waals surface area contributed by atoms with Gasteiger partial charge in [-0.05, 0) is 32.0 Å². The zero-order valence-corrected chi connectivity index (χ0v) is 14.2. The number of pyridine rings is 1. The Morgan fingerprint density at radius 3 is 2.50 bits per heavy atom. The van der Waals surface area contributed by atoms with Gasteiger partial charge in [-0.2, -0.15) is 18.3 Å². The van der Waals surface area contributed by atoms with Crippen LogP contribution in [0.15, 0.2) is 36.7 Å². The molecule has 3 aromatic rings. The van der Waals surface area contributed by atoms with Crippen molar-refractivity contribution in [2.45, 2.75) is 32.5 Å². The molecular weight excluding hydrogens is 345 g/mol. The number of hydrogen-bond acceptors (Lipinski definition) is 5. The number of anilines is 1. The Bertz CT molecular complexity index is 876. The number of aromatic nitrogens is 5. The van der Waals surface area contributed by atoms with Crippen LogP contribution in [0.1, 0.15) is 24.0 Å². The highest BCUT2D eigenvalue weighted by Gasteiger charge is 2.34. The fraction of sp³-hybridized carbons (Fsp3) is 0.294. The van der Waals surface area contributed by atoms with Crippen molar-refractivity contribution >= 4 is 5.82 Å². The van der Waals surface area contributed by atoms with Crippen LogP contribution in [-0.4, -0.2) is 31.2 Å². The molecule has 0 fully saturated rings. The van der Waals surface area contributed by atoms with E-state index in [1.807, 2.05) is 19.9 Å². The number of alkyl halides is 3. The van der Waals surface area contributed by atoms with E-state index >= 15 is 0 Å². The number of rotatable bonds is 5. The molecule has 0 saturated heterocycles. The first-order valence-corrected chi connectivity index (χ1v) is 7.95. The minimum Gasteiger partial charge on any atom is -0.367 e. The monoisotopic (exact) mass is 362 g/mol. The predicted octanol–water partition coefficient (Wildman–Crippen LogP) is 3.63. The van der Waals surface area contributed by atoms with Gasteiger partial charge in [0, 0.05) is 42.2 Å². The van der Waals surface area contributed by atoms with Gasteiger partial charge in [0.15, 0.2) is 11.5 Å². The predicted molar refractivity (Wildman–Crippen MR) is 90.4 cm³/mol. The molecule has 6 nitrogen and oxygen atoms in total. The van der Waals surface area contributed by atoms with Crippen LogP contribution < -0.4 is 5.32 Å². The standard InChI is InChI=1S/C17H17F3N6/c1-10(7-13-8-11(2)25-26-13)22-15-9-14(17(18,19)20)23-16(24-15)12-3-5-21-6-4-12/h3-6,8-10H,7H2,1-2H3,(H,25,26)(H,22,23,24). The third-order valence-corrected chi connectivity index (χ3v) is 3.62. The summed E-state index contributed by atoms with van der Waals surface area (Å²) in [7, 11) is 0. The summed E-state index contributed by atoms with van der Waals surface area (Å²) in [6.45, 7) is 3.74. The van der Waals surface area contributed by atoms with Crippen LogP contribution in [0.4, 0.5) is 19.0 Å². The van der Waals surface area contributed by atoms with Crippen molar-refractivity contribution in [3.8, 4) is 11.4 Å². The van der Waals surface area contributed by atoms with Gasteiger partial charge in [-0.3, -0.25) is 10.1 Å². The van der Waals surface area contributed by atoms with Gasteiger partial charge in [0.05, 0.1) is 5.69 Å². The van der Waals surface area contributed by atoms with Crippen molar-refractivity contribution in [1.29, 1.82) is 0 Å². The molecule has 0 aliphatic carbocycles. The topological polar surface area (TPSA) is 79.4 Å². The number of halogens is 3. The fourth-order valence-corrected chi connectivity index (χ4v) is 2.49. The van der Waals surface area contributed by atoms with Gasteiger partial charge in [0.2, 0.25) is 0 Å². The molecule has 0 amide bonds. The van der Waals surface area contributed by atoms with Crippen molar-refractivity contribution in [2.24, 2.45) is 0 Å². The second kappa shape index (κ2) is 7.11. The lowest BCUT2D eigenvalue weighted by Gasteiger charge is -2.16. The summed E-state index contributed by atoms with van der Waals surface area (Å²) in [5, 5.41) is 9.98. The SMILES string of the molecule is Cc1cc(CC(C)Nc2cc(C(F)(F)F)nc(-c3ccncc3)n2)n[nH]1. The average Bonchev–Trinajstić information content (AvgIpc) is 2.99. The van der Waals surface area contributed by atoms with Crippen molar-refractivity contribution < 1.29 is 13.2 Å². The molecular formula is C17H17F3N6. The number of aromatic amines is 1. The quantitative estimate of drug-likeness (QED) is 0.725. The van der Waals surface area contributed by atoms with E-state index < -0.39 is 11.9 Å². The Kier molecular flexibility index (Phi) is 4.88. The number of nitrogens with zero attached hydrogens (tertiary/aromatic N) is 4. The minimum atomic E-state index is -4.57. The van der Waals surface area contributed by atoms with E-state index in [1.54, 1.807) is 12.1 Å². The zero-order chi connectivity index (χ0) is 18.7. The number of nitrogens with one attached hydrogen (secondary N) is 2. The number of aryl methyl sites for hydroxylation is 1. The molecule has 0 saturated carbocycles. The summed E-state index contributed by atoms with van der Waals surface area (Å²) in [5.41, 5.74) is 1.21. The van der Waals surface area contributed by atoms with Crippen LogP contribution in [0.25, 0.3) is 11.4 Å². The summed E-state index contributed by atoms with van der Waals surface area (Å²) >= 11 is 0. The Balaban J connectivity index is 1.88. The molecule has 3 heterocycles. The van der Waals surface area contributed by atoms with Crippen molar-refractivity contribution in [2.75, 3.05) is 5.32 Å². The van der Waals surface area contributed by atoms with Crippen molar-refractivity contribution in [3.05, 3.63) is 53.7 Å². The van der Waals surface area contributed by atoms with Gasteiger partial charge in [-0.1, -0.05) is 0 Å². The molecule has 0 bridgehead atoms. The smallest absolute Gasteiger partial charge is 0.367 e. The maximum absolute atomic E-state index is 13.2. The van der Waals surface area contributed by atoms with E-state index in [2.05, 4.69) is 30.5 Å². The molecule has 1 atom stereocenters. The normalized spacial score (nSPS) is 12.8. The molecule has 136 valence electrons. The van der Waals surface area contributed by atoms with E-state index in [-0.39, 0.29) is 17.7 Å². The van der Waals surface area contributed by atoms with Crippen molar-refractivity contribution in [3.63, 3.8) is 0 Å². The van der Waals surface area contributed by atoms with Crippen LogP contribution in [0.3, 0.4) is 0 Å². The molecule has 2 N–H and O–H groups in total. The van der Waals surface area contributed by atoms with E-state index in [0.29, 0.717) is 12.0 Å². The Labute approximate surface area is 147 Å². The molecule has 0 aliphatic rings. The van der Waals surface area contributed by atoms with E-state index in [1.165, 1.54) is 12.4 Å². The fourth-order valence-electron chi connectivity index (χ4n) is 2.49. The third kappa shape index (κ3) is 4.35. The van der Waals surface area contributed by atoms with E-state index in [9.17, 15) is 13.2 Å². The summed E-state index contributed by atoms with van der Waals surface area (Å²) in [6.07, 6.45) is -1.06. The van der Waals surface area contributed by atoms with Gasteiger partial charge in [0.25, 0.3) is 0 Å². The second-order valence-corrected chi connectivity index (χ2v) is 5.99. The highest BCUT2D eigenvalue weighted by molar-refractivity contribution is 5.57.